The summed E-state index contributed by atoms with van der Waals surface area (Å²) < 4.78 is 45.1. The average Bonchev–Trinajstić information content (AvgIpc) is 2.35. The molecule has 1 aromatic carbocycles. The van der Waals surface area contributed by atoms with Crippen molar-refractivity contribution in [2.75, 3.05) is 12.4 Å². The van der Waals surface area contributed by atoms with Crippen molar-refractivity contribution in [2.24, 2.45) is 0 Å². The fourth-order valence-electron chi connectivity index (χ4n) is 1.36. The van der Waals surface area contributed by atoms with E-state index in [1.54, 1.807) is 0 Å². The first-order chi connectivity index (χ1) is 9.01. The molecule has 3 nitrogen and oxygen atoms in total. The third kappa shape index (κ3) is 2.98. The van der Waals surface area contributed by atoms with Crippen LogP contribution in [0, 0.1) is 17.5 Å². The Bertz CT molecular complexity index is 622. The zero-order valence-corrected chi connectivity index (χ0v) is 11.3. The molecule has 100 valence electrons. The first-order valence-electron chi connectivity index (χ1n) is 5.18. The van der Waals surface area contributed by atoms with Gasteiger partial charge in [0, 0.05) is 13.1 Å². The van der Waals surface area contributed by atoms with Crippen molar-refractivity contribution in [3.05, 3.63) is 46.2 Å². The van der Waals surface area contributed by atoms with Gasteiger partial charge in [-0.1, -0.05) is 0 Å². The van der Waals surface area contributed by atoms with Crippen molar-refractivity contribution in [3.63, 3.8) is 0 Å². The topological polar surface area (TPSA) is 34.2 Å². The van der Waals surface area contributed by atoms with E-state index >= 15 is 0 Å². The highest BCUT2D eigenvalue weighted by Crippen LogP contribution is 2.31. The van der Waals surface area contributed by atoms with E-state index in [-0.39, 0.29) is 11.6 Å². The minimum absolute atomic E-state index is 0.144. The van der Waals surface area contributed by atoms with Gasteiger partial charge in [-0.15, -0.1) is 0 Å². The first kappa shape index (κ1) is 13.7. The number of nitrogens with zero attached hydrogens (tertiary/aromatic N) is 1. The van der Waals surface area contributed by atoms with Gasteiger partial charge in [0.05, 0.1) is 4.47 Å². The highest BCUT2D eigenvalue weighted by atomic mass is 79.9. The monoisotopic (exact) mass is 332 g/mol. The molecule has 2 aromatic rings. The van der Waals surface area contributed by atoms with Crippen LogP contribution in [0.2, 0.25) is 0 Å². The van der Waals surface area contributed by atoms with Gasteiger partial charge in [0.25, 0.3) is 5.88 Å². The Kier molecular flexibility index (Phi) is 3.94. The van der Waals surface area contributed by atoms with Crippen molar-refractivity contribution < 1.29 is 17.9 Å². The number of halogens is 4. The number of nitrogens with one attached hydrogen (secondary N) is 1. The fourth-order valence-corrected chi connectivity index (χ4v) is 1.79. The van der Waals surface area contributed by atoms with Crippen molar-refractivity contribution in [1.82, 2.24) is 4.98 Å². The van der Waals surface area contributed by atoms with Gasteiger partial charge >= 0.3 is 0 Å². The van der Waals surface area contributed by atoms with E-state index in [0.29, 0.717) is 10.5 Å². The highest BCUT2D eigenvalue weighted by molar-refractivity contribution is 9.10. The van der Waals surface area contributed by atoms with E-state index < -0.39 is 23.3 Å². The summed E-state index contributed by atoms with van der Waals surface area (Å²) in [5.74, 6) is -2.63. The molecular weight excluding hydrogens is 325 g/mol. The summed E-state index contributed by atoms with van der Waals surface area (Å²) in [7, 11) is 1.45. The highest BCUT2D eigenvalue weighted by Gasteiger charge is 2.14. The van der Waals surface area contributed by atoms with Crippen LogP contribution in [0.3, 0.4) is 0 Å². The Morgan fingerprint density at radius 2 is 1.89 bits per heavy atom. The van der Waals surface area contributed by atoms with Crippen molar-refractivity contribution in [1.29, 1.82) is 0 Å². The summed E-state index contributed by atoms with van der Waals surface area (Å²) in [6, 6.07) is 4.28. The predicted molar refractivity (Wildman–Crippen MR) is 67.9 cm³/mol. The average molecular weight is 333 g/mol. The third-order valence-electron chi connectivity index (χ3n) is 2.23. The molecule has 0 atom stereocenters. The molecule has 0 aliphatic carbocycles. The van der Waals surface area contributed by atoms with Crippen LogP contribution in [-0.4, -0.2) is 12.0 Å². The van der Waals surface area contributed by atoms with E-state index in [9.17, 15) is 13.2 Å². The quantitative estimate of drug-likeness (QED) is 0.918. The largest absolute Gasteiger partial charge is 0.435 e. The van der Waals surface area contributed by atoms with E-state index in [1.165, 1.54) is 13.1 Å². The summed E-state index contributed by atoms with van der Waals surface area (Å²) >= 11 is 3.07. The summed E-state index contributed by atoms with van der Waals surface area (Å²) in [6.07, 6.45) is 0. The molecule has 0 unspecified atom stereocenters. The summed E-state index contributed by atoms with van der Waals surface area (Å²) in [5.41, 5.74) is 0. The van der Waals surface area contributed by atoms with E-state index in [0.717, 1.165) is 12.1 Å². The lowest BCUT2D eigenvalue weighted by Crippen LogP contribution is -2.01. The molecule has 1 heterocycles. The zero-order chi connectivity index (χ0) is 14.0. The summed E-state index contributed by atoms with van der Waals surface area (Å²) in [6.45, 7) is 0. The number of hydrogen-bond acceptors (Lipinski definition) is 3. The molecule has 0 aliphatic rings. The van der Waals surface area contributed by atoms with Gasteiger partial charge in [-0.3, -0.25) is 0 Å². The van der Waals surface area contributed by atoms with Crippen LogP contribution in [0.25, 0.3) is 0 Å². The van der Waals surface area contributed by atoms with Gasteiger partial charge in [-0.2, -0.15) is 4.98 Å². The first-order valence-corrected chi connectivity index (χ1v) is 5.97. The van der Waals surface area contributed by atoms with Crippen LogP contribution in [0.15, 0.2) is 28.7 Å². The van der Waals surface area contributed by atoms with E-state index in [4.69, 9.17) is 4.74 Å². The van der Waals surface area contributed by atoms with Crippen LogP contribution < -0.4 is 10.1 Å². The van der Waals surface area contributed by atoms with Gasteiger partial charge in [-0.05, 0) is 34.1 Å². The Balaban J connectivity index is 2.37. The molecule has 1 N–H and O–H groups in total. The number of hydrogen-bond donors (Lipinski definition) is 1. The second-order valence-corrected chi connectivity index (χ2v) is 4.39. The van der Waals surface area contributed by atoms with Crippen molar-refractivity contribution in [2.45, 2.75) is 0 Å². The summed E-state index contributed by atoms with van der Waals surface area (Å²) in [5, 5.41) is 2.47. The molecule has 0 aliphatic heterocycles. The van der Waals surface area contributed by atoms with Gasteiger partial charge in [0.2, 0.25) is 0 Å². The van der Waals surface area contributed by atoms with Gasteiger partial charge in [-0.25, -0.2) is 13.2 Å². The number of benzene rings is 1. The Morgan fingerprint density at radius 1 is 1.16 bits per heavy atom. The minimum Gasteiger partial charge on any atom is -0.435 e. The van der Waals surface area contributed by atoms with E-state index in [1.807, 2.05) is 0 Å². The number of rotatable bonds is 3. The molecule has 1 aromatic heterocycles. The maximum atomic E-state index is 13.5. The number of anilines is 1. The molecule has 7 heteroatoms. The second-order valence-electron chi connectivity index (χ2n) is 3.53. The van der Waals surface area contributed by atoms with Crippen LogP contribution in [0.4, 0.5) is 19.0 Å². The maximum Gasteiger partial charge on any atom is 0.258 e. The van der Waals surface area contributed by atoms with Crippen molar-refractivity contribution >= 4 is 21.7 Å². The Morgan fingerprint density at radius 3 is 2.53 bits per heavy atom. The van der Waals surface area contributed by atoms with Gasteiger partial charge in [0.1, 0.15) is 11.6 Å². The lowest BCUT2D eigenvalue weighted by Gasteiger charge is -2.09. The number of ether oxygens (including phenoxy) is 1. The van der Waals surface area contributed by atoms with Crippen molar-refractivity contribution in [3.8, 4) is 11.6 Å². The maximum absolute atomic E-state index is 13.5. The Hall–Kier alpha value is -1.76. The van der Waals surface area contributed by atoms with Crippen LogP contribution in [0.5, 0.6) is 11.6 Å². The number of aromatic nitrogens is 1. The zero-order valence-electron chi connectivity index (χ0n) is 9.68. The fraction of sp³-hybridized carbons (Fsp3) is 0.0833. The lowest BCUT2D eigenvalue weighted by molar-refractivity contribution is 0.415. The minimum atomic E-state index is -0.951. The summed E-state index contributed by atoms with van der Waals surface area (Å²) in [4.78, 5) is 3.65. The lowest BCUT2D eigenvalue weighted by atomic mass is 10.3. The normalized spacial score (nSPS) is 10.4. The van der Waals surface area contributed by atoms with Gasteiger partial charge in [0.15, 0.2) is 17.5 Å². The molecule has 2 rings (SSSR count). The van der Waals surface area contributed by atoms with E-state index in [2.05, 4.69) is 26.2 Å². The molecule has 0 bridgehead atoms. The number of pyridine rings is 1. The Labute approximate surface area is 115 Å². The smallest absolute Gasteiger partial charge is 0.258 e. The molecule has 19 heavy (non-hydrogen) atoms. The standard InChI is InChI=1S/C12H8BrF3N2O/c1-17-11-8(15)5-9(16)12(18-11)19-10-3-2-6(14)4-7(10)13/h2-5H,1H3,(H,17,18). The second kappa shape index (κ2) is 5.48. The molecule has 0 saturated carbocycles. The molecule has 0 saturated heterocycles. The predicted octanol–water partition coefficient (Wildman–Crippen LogP) is 4.10. The van der Waals surface area contributed by atoms with Gasteiger partial charge < -0.3 is 10.1 Å². The SMILES string of the molecule is CNc1nc(Oc2ccc(F)cc2Br)c(F)cc1F. The van der Waals surface area contributed by atoms with Crippen LogP contribution >= 0.6 is 15.9 Å². The molecule has 0 radical (unpaired) electrons. The molecule has 0 fully saturated rings. The van der Waals surface area contributed by atoms with Crippen LogP contribution in [0.1, 0.15) is 0 Å². The molecule has 0 amide bonds. The molecule has 0 spiro atoms. The molecular formula is C12H8BrF3N2O. The van der Waals surface area contributed by atoms with Crippen LogP contribution in [-0.2, 0) is 0 Å². The third-order valence-corrected chi connectivity index (χ3v) is 2.85.